The predicted molar refractivity (Wildman–Crippen MR) is 98.6 cm³/mol. The maximum absolute atomic E-state index is 12.3. The van der Waals surface area contributed by atoms with Gasteiger partial charge in [0.05, 0.1) is 18.4 Å². The SMILES string of the molecule is Cc1ccc2c(CC(=O)Nc3nc(-c4cccnc4)cs3)coc2c1. The van der Waals surface area contributed by atoms with Crippen molar-refractivity contribution >= 4 is 33.3 Å². The fourth-order valence-electron chi connectivity index (χ4n) is 2.64. The van der Waals surface area contributed by atoms with Gasteiger partial charge in [0, 0.05) is 34.3 Å². The number of thiazole rings is 1. The second-order valence-electron chi connectivity index (χ2n) is 5.77. The van der Waals surface area contributed by atoms with Crippen LogP contribution in [0.4, 0.5) is 5.13 Å². The molecule has 0 unspecified atom stereocenters. The maximum atomic E-state index is 12.3. The molecule has 0 radical (unpaired) electrons. The molecule has 0 fully saturated rings. The van der Waals surface area contributed by atoms with E-state index in [9.17, 15) is 4.79 Å². The molecule has 0 aliphatic heterocycles. The normalized spacial score (nSPS) is 10.9. The number of carbonyl (C=O) groups is 1. The second kappa shape index (κ2) is 6.49. The minimum atomic E-state index is -0.115. The Bertz CT molecular complexity index is 1040. The van der Waals surface area contributed by atoms with Gasteiger partial charge >= 0.3 is 0 Å². The quantitative estimate of drug-likeness (QED) is 0.591. The summed E-state index contributed by atoms with van der Waals surface area (Å²) in [6.07, 6.45) is 5.36. The van der Waals surface area contributed by atoms with Gasteiger partial charge in [-0.15, -0.1) is 11.3 Å². The number of hydrogen-bond acceptors (Lipinski definition) is 5. The van der Waals surface area contributed by atoms with Crippen LogP contribution in [0.5, 0.6) is 0 Å². The topological polar surface area (TPSA) is 68.0 Å². The molecule has 1 N–H and O–H groups in total. The van der Waals surface area contributed by atoms with E-state index in [0.29, 0.717) is 5.13 Å². The summed E-state index contributed by atoms with van der Waals surface area (Å²) < 4.78 is 5.54. The molecular formula is C19H15N3O2S. The van der Waals surface area contributed by atoms with Gasteiger partial charge in [0.1, 0.15) is 5.58 Å². The molecule has 0 aliphatic carbocycles. The Labute approximate surface area is 148 Å². The standard InChI is InChI=1S/C19H15N3O2S/c1-12-4-5-15-14(10-24-17(15)7-12)8-18(23)22-19-21-16(11-25-19)13-3-2-6-20-9-13/h2-7,9-11H,8H2,1H3,(H,21,22,23). The van der Waals surface area contributed by atoms with E-state index in [1.807, 2.05) is 42.6 Å². The highest BCUT2D eigenvalue weighted by atomic mass is 32.1. The Kier molecular flexibility index (Phi) is 4.03. The molecule has 1 aromatic carbocycles. The molecule has 4 aromatic rings. The van der Waals surface area contributed by atoms with Gasteiger partial charge in [-0.3, -0.25) is 9.78 Å². The highest BCUT2D eigenvalue weighted by molar-refractivity contribution is 7.14. The van der Waals surface area contributed by atoms with E-state index in [2.05, 4.69) is 15.3 Å². The first-order chi connectivity index (χ1) is 12.2. The van der Waals surface area contributed by atoms with Crippen molar-refractivity contribution in [3.05, 3.63) is 65.5 Å². The first-order valence-electron chi connectivity index (χ1n) is 7.81. The van der Waals surface area contributed by atoms with Crippen LogP contribution in [-0.2, 0) is 11.2 Å². The lowest BCUT2D eigenvalue weighted by Crippen LogP contribution is -2.13. The van der Waals surface area contributed by atoms with Crippen molar-refractivity contribution < 1.29 is 9.21 Å². The zero-order valence-electron chi connectivity index (χ0n) is 13.5. The molecule has 0 saturated carbocycles. The van der Waals surface area contributed by atoms with Crippen molar-refractivity contribution in [2.75, 3.05) is 5.32 Å². The number of nitrogens with one attached hydrogen (secondary N) is 1. The Morgan fingerprint density at radius 3 is 3.08 bits per heavy atom. The molecule has 3 aromatic heterocycles. The summed E-state index contributed by atoms with van der Waals surface area (Å²) >= 11 is 1.40. The zero-order valence-corrected chi connectivity index (χ0v) is 14.3. The molecular weight excluding hydrogens is 334 g/mol. The van der Waals surface area contributed by atoms with E-state index in [1.165, 1.54) is 11.3 Å². The minimum Gasteiger partial charge on any atom is -0.464 e. The molecule has 6 heteroatoms. The van der Waals surface area contributed by atoms with Crippen molar-refractivity contribution in [1.29, 1.82) is 0 Å². The summed E-state index contributed by atoms with van der Waals surface area (Å²) in [5.41, 5.74) is 4.53. The van der Waals surface area contributed by atoms with Gasteiger partial charge in [-0.2, -0.15) is 0 Å². The summed E-state index contributed by atoms with van der Waals surface area (Å²) in [5.74, 6) is -0.115. The lowest BCUT2D eigenvalue weighted by atomic mass is 10.1. The molecule has 0 atom stereocenters. The number of hydrogen-bond donors (Lipinski definition) is 1. The van der Waals surface area contributed by atoms with Crippen LogP contribution in [0.1, 0.15) is 11.1 Å². The summed E-state index contributed by atoms with van der Waals surface area (Å²) in [6.45, 7) is 2.01. The number of fused-ring (bicyclic) bond motifs is 1. The Balaban J connectivity index is 1.48. The molecule has 1 amide bonds. The van der Waals surface area contributed by atoms with E-state index < -0.39 is 0 Å². The third kappa shape index (κ3) is 3.29. The molecule has 3 heterocycles. The highest BCUT2D eigenvalue weighted by Crippen LogP contribution is 2.25. The second-order valence-corrected chi connectivity index (χ2v) is 6.62. The third-order valence-electron chi connectivity index (χ3n) is 3.87. The minimum absolute atomic E-state index is 0.115. The van der Waals surface area contributed by atoms with Crippen LogP contribution in [0.3, 0.4) is 0 Å². The van der Waals surface area contributed by atoms with Crippen LogP contribution in [-0.4, -0.2) is 15.9 Å². The number of carbonyl (C=O) groups excluding carboxylic acids is 1. The number of pyridine rings is 1. The van der Waals surface area contributed by atoms with Gasteiger partial charge in [-0.05, 0) is 30.7 Å². The smallest absolute Gasteiger partial charge is 0.230 e. The van der Waals surface area contributed by atoms with Crippen LogP contribution < -0.4 is 5.32 Å². The fraction of sp³-hybridized carbons (Fsp3) is 0.105. The molecule has 0 aliphatic rings. The van der Waals surface area contributed by atoms with Crippen molar-refractivity contribution in [2.45, 2.75) is 13.3 Å². The molecule has 25 heavy (non-hydrogen) atoms. The van der Waals surface area contributed by atoms with Crippen LogP contribution in [0, 0.1) is 6.92 Å². The average Bonchev–Trinajstić information content (AvgIpc) is 3.23. The molecule has 0 bridgehead atoms. The first kappa shape index (κ1) is 15.5. The number of furan rings is 1. The molecule has 124 valence electrons. The summed E-state index contributed by atoms with van der Waals surface area (Å²) in [4.78, 5) is 20.9. The van der Waals surface area contributed by atoms with Crippen molar-refractivity contribution in [1.82, 2.24) is 9.97 Å². The number of aromatic nitrogens is 2. The number of aryl methyl sites for hydroxylation is 1. The Morgan fingerprint density at radius 2 is 2.24 bits per heavy atom. The van der Waals surface area contributed by atoms with E-state index in [-0.39, 0.29) is 12.3 Å². The van der Waals surface area contributed by atoms with Gasteiger partial charge < -0.3 is 9.73 Å². The monoisotopic (exact) mass is 349 g/mol. The van der Waals surface area contributed by atoms with Gasteiger partial charge in [-0.25, -0.2) is 4.98 Å². The van der Waals surface area contributed by atoms with Gasteiger partial charge in [0.15, 0.2) is 5.13 Å². The molecule has 5 nitrogen and oxygen atoms in total. The van der Waals surface area contributed by atoms with Crippen molar-refractivity contribution in [3.8, 4) is 11.3 Å². The Morgan fingerprint density at radius 1 is 1.32 bits per heavy atom. The van der Waals surface area contributed by atoms with Crippen molar-refractivity contribution in [3.63, 3.8) is 0 Å². The largest absolute Gasteiger partial charge is 0.464 e. The highest BCUT2D eigenvalue weighted by Gasteiger charge is 2.12. The summed E-state index contributed by atoms with van der Waals surface area (Å²) in [6, 6.07) is 9.77. The van der Waals surface area contributed by atoms with E-state index >= 15 is 0 Å². The van der Waals surface area contributed by atoms with Gasteiger partial charge in [0.25, 0.3) is 0 Å². The zero-order chi connectivity index (χ0) is 17.2. The van der Waals surface area contributed by atoms with Gasteiger partial charge in [0.2, 0.25) is 5.91 Å². The van der Waals surface area contributed by atoms with Crippen LogP contribution in [0.15, 0.2) is 58.8 Å². The number of rotatable bonds is 4. The number of benzene rings is 1. The van der Waals surface area contributed by atoms with E-state index in [1.54, 1.807) is 18.7 Å². The number of amides is 1. The van der Waals surface area contributed by atoms with Gasteiger partial charge in [-0.1, -0.05) is 12.1 Å². The molecule has 4 rings (SSSR count). The lowest BCUT2D eigenvalue weighted by molar-refractivity contribution is -0.115. The molecule has 0 saturated heterocycles. The van der Waals surface area contributed by atoms with Crippen LogP contribution in [0.25, 0.3) is 22.2 Å². The van der Waals surface area contributed by atoms with Crippen LogP contribution in [0.2, 0.25) is 0 Å². The Hall–Kier alpha value is -2.99. The lowest BCUT2D eigenvalue weighted by Gasteiger charge is -2.01. The maximum Gasteiger partial charge on any atom is 0.230 e. The van der Waals surface area contributed by atoms with E-state index in [0.717, 1.165) is 33.4 Å². The number of nitrogens with zero attached hydrogens (tertiary/aromatic N) is 2. The number of anilines is 1. The van der Waals surface area contributed by atoms with E-state index in [4.69, 9.17) is 4.42 Å². The summed E-state index contributed by atoms with van der Waals surface area (Å²) in [5, 5.41) is 6.30. The fourth-order valence-corrected chi connectivity index (χ4v) is 3.38. The van der Waals surface area contributed by atoms with Crippen molar-refractivity contribution in [2.24, 2.45) is 0 Å². The average molecular weight is 349 g/mol. The molecule has 0 spiro atoms. The summed E-state index contributed by atoms with van der Waals surface area (Å²) in [7, 11) is 0. The third-order valence-corrected chi connectivity index (χ3v) is 4.63. The predicted octanol–water partition coefficient (Wildman–Crippen LogP) is 4.44. The van der Waals surface area contributed by atoms with Crippen LogP contribution >= 0.6 is 11.3 Å². The first-order valence-corrected chi connectivity index (χ1v) is 8.69.